The van der Waals surface area contributed by atoms with Crippen LogP contribution in [0.4, 0.5) is 4.79 Å². The quantitative estimate of drug-likeness (QED) is 0.226. The summed E-state index contributed by atoms with van der Waals surface area (Å²) in [4.78, 5) is 25.0. The molecule has 0 aromatic rings. The van der Waals surface area contributed by atoms with E-state index in [1.807, 2.05) is 0 Å². The fraction of sp³-hybridized carbons (Fsp3) is 0.826. The van der Waals surface area contributed by atoms with Crippen LogP contribution < -0.4 is 34.7 Å². The zero-order valence-corrected chi connectivity index (χ0v) is 22.3. The summed E-state index contributed by atoms with van der Waals surface area (Å²) in [5.74, 6) is -1.29. The fourth-order valence-electron chi connectivity index (χ4n) is 5.49. The van der Waals surface area contributed by atoms with E-state index in [9.17, 15) is 14.7 Å². The Balaban J connectivity index is 0.00000306. The third kappa shape index (κ3) is 5.77. The van der Waals surface area contributed by atoms with Gasteiger partial charge in [0.15, 0.2) is 0 Å². The topological polar surface area (TPSA) is 113 Å². The van der Waals surface area contributed by atoms with Gasteiger partial charge in [-0.3, -0.25) is 0 Å². The molecule has 1 aliphatic carbocycles. The van der Waals surface area contributed by atoms with E-state index < -0.39 is 24.8 Å². The van der Waals surface area contributed by atoms with Gasteiger partial charge in [-0.05, 0) is 46.5 Å². The van der Waals surface area contributed by atoms with E-state index in [1.54, 1.807) is 12.0 Å². The van der Waals surface area contributed by atoms with Crippen LogP contribution in [0.1, 0.15) is 46.5 Å². The van der Waals surface area contributed by atoms with Crippen molar-refractivity contribution in [2.75, 3.05) is 33.4 Å². The normalized spacial score (nSPS) is 39.0. The van der Waals surface area contributed by atoms with Gasteiger partial charge in [0.2, 0.25) is 0 Å². The first-order valence-corrected chi connectivity index (χ1v) is 11.4. The predicted molar refractivity (Wildman–Crippen MR) is 111 cm³/mol. The molecule has 1 unspecified atom stereocenters. The fourth-order valence-corrected chi connectivity index (χ4v) is 5.49. The summed E-state index contributed by atoms with van der Waals surface area (Å²) in [6.45, 7) is 7.23. The average Bonchev–Trinajstić information content (AvgIpc) is 3.59. The minimum absolute atomic E-state index is 0. The monoisotopic (exact) mass is 475 g/mol. The van der Waals surface area contributed by atoms with Crippen LogP contribution in [0.3, 0.4) is 0 Å². The first kappa shape index (κ1) is 26.9. The second-order valence-corrected chi connectivity index (χ2v) is 9.84. The third-order valence-corrected chi connectivity index (χ3v) is 7.33. The van der Waals surface area contributed by atoms with E-state index in [1.165, 1.54) is 5.57 Å². The summed E-state index contributed by atoms with van der Waals surface area (Å²) in [6, 6.07) is 0. The van der Waals surface area contributed by atoms with Crippen LogP contribution in [0.2, 0.25) is 0 Å². The van der Waals surface area contributed by atoms with Gasteiger partial charge in [-0.1, -0.05) is 11.6 Å². The van der Waals surface area contributed by atoms with Crippen molar-refractivity contribution in [2.45, 2.75) is 82.1 Å². The number of rotatable bonds is 8. The summed E-state index contributed by atoms with van der Waals surface area (Å²) in [7, 11) is 1.65. The van der Waals surface area contributed by atoms with Gasteiger partial charge in [0, 0.05) is 13.7 Å². The van der Waals surface area contributed by atoms with Crippen LogP contribution in [-0.2, 0) is 28.5 Å². The van der Waals surface area contributed by atoms with E-state index >= 15 is 0 Å². The number of hydrogen-bond acceptors (Lipinski definition) is 8. The molecule has 4 fully saturated rings. The number of carboxylic acids is 1. The van der Waals surface area contributed by atoms with Gasteiger partial charge in [0.1, 0.15) is 23.4 Å². The van der Waals surface area contributed by atoms with E-state index in [4.69, 9.17) is 23.7 Å². The van der Waals surface area contributed by atoms with Gasteiger partial charge in [-0.2, -0.15) is 0 Å². The molecular weight excluding hydrogens is 441 g/mol. The Hall–Kier alpha value is -0.680. The first-order chi connectivity index (χ1) is 15.2. The molecule has 10 heteroatoms. The number of likely N-dealkylation sites (tertiary alicyclic amines) is 1. The zero-order chi connectivity index (χ0) is 23.1. The molecule has 0 aromatic carbocycles. The SMILES string of the molecule is CO[C@@H]1[C@H](OC(=O)N2CCC(OCC(=O)[O-])C2)CC[C@]2(CO2)[C@H]1[C@@]1(C)O[C@@H]1CC=C(C)C.[Na+]. The van der Waals surface area contributed by atoms with Crippen LogP contribution in [0.25, 0.3) is 0 Å². The number of ether oxygens (including phenoxy) is 5. The molecule has 9 nitrogen and oxygen atoms in total. The molecule has 3 saturated heterocycles. The van der Waals surface area contributed by atoms with Crippen molar-refractivity contribution in [1.29, 1.82) is 0 Å². The van der Waals surface area contributed by atoms with E-state index in [0.29, 0.717) is 32.5 Å². The first-order valence-electron chi connectivity index (χ1n) is 11.4. The number of methoxy groups -OCH3 is 1. The Labute approximate surface area is 217 Å². The summed E-state index contributed by atoms with van der Waals surface area (Å²) in [5.41, 5.74) is 0.604. The summed E-state index contributed by atoms with van der Waals surface area (Å²) in [5, 5.41) is 10.6. The van der Waals surface area contributed by atoms with Gasteiger partial charge in [-0.15, -0.1) is 0 Å². The molecule has 1 amide bonds. The molecule has 3 heterocycles. The molecule has 0 radical (unpaired) electrons. The van der Waals surface area contributed by atoms with Crippen molar-refractivity contribution in [3.8, 4) is 0 Å². The number of aliphatic carboxylic acids is 1. The summed E-state index contributed by atoms with van der Waals surface area (Å²) in [6.07, 6.45) is 3.66. The number of amides is 1. The van der Waals surface area contributed by atoms with Crippen LogP contribution in [0.5, 0.6) is 0 Å². The second kappa shape index (κ2) is 10.5. The van der Waals surface area contributed by atoms with Gasteiger partial charge in [0.05, 0.1) is 43.9 Å². The molecule has 4 rings (SSSR count). The molecule has 1 spiro atoms. The van der Waals surface area contributed by atoms with E-state index in [0.717, 1.165) is 12.8 Å². The Morgan fingerprint density at radius 3 is 2.61 bits per heavy atom. The molecule has 1 saturated carbocycles. The molecular formula is C23H34NNaO8. The molecule has 4 aliphatic rings. The van der Waals surface area contributed by atoms with Crippen LogP contribution in [-0.4, -0.2) is 86.0 Å². The van der Waals surface area contributed by atoms with Gasteiger partial charge < -0.3 is 38.5 Å². The van der Waals surface area contributed by atoms with Crippen molar-refractivity contribution in [2.24, 2.45) is 5.92 Å². The largest absolute Gasteiger partial charge is 1.00 e. The number of carbonyl (C=O) groups is 2. The summed E-state index contributed by atoms with van der Waals surface area (Å²) >= 11 is 0. The Morgan fingerprint density at radius 2 is 2.00 bits per heavy atom. The van der Waals surface area contributed by atoms with Crippen molar-refractivity contribution in [3.05, 3.63) is 11.6 Å². The standard InChI is InChI=1S/C23H35NO8.Na/c1-14(2)5-6-17-22(3,32-17)20-19(28-4)16(7-9-23(20)13-30-23)31-21(27)24-10-8-15(11-24)29-12-18(25)26;/h5,15-17,19-20H,6-13H2,1-4H3,(H,25,26);/q;+1/p-1/t15?,16-,17-,19-,20-,22+,23+;/m1./s1. The van der Waals surface area contributed by atoms with Gasteiger partial charge in [0.25, 0.3) is 0 Å². The Bertz CT molecular complexity index is 768. The third-order valence-electron chi connectivity index (χ3n) is 7.33. The van der Waals surface area contributed by atoms with Crippen molar-refractivity contribution in [3.63, 3.8) is 0 Å². The Morgan fingerprint density at radius 1 is 1.27 bits per heavy atom. The van der Waals surface area contributed by atoms with E-state index in [-0.39, 0.29) is 65.0 Å². The van der Waals surface area contributed by atoms with Crippen LogP contribution >= 0.6 is 0 Å². The number of allylic oxidation sites excluding steroid dienone is 1. The summed E-state index contributed by atoms with van der Waals surface area (Å²) < 4.78 is 29.2. The molecule has 3 aliphatic heterocycles. The minimum atomic E-state index is -1.27. The molecule has 33 heavy (non-hydrogen) atoms. The Kier molecular flexibility index (Phi) is 8.58. The van der Waals surface area contributed by atoms with Crippen LogP contribution in [0, 0.1) is 5.92 Å². The maximum Gasteiger partial charge on any atom is 1.00 e. The van der Waals surface area contributed by atoms with Gasteiger partial charge >= 0.3 is 35.7 Å². The average molecular weight is 476 g/mol. The number of epoxide rings is 2. The minimum Gasteiger partial charge on any atom is -0.548 e. The smallest absolute Gasteiger partial charge is 0.548 e. The zero-order valence-electron chi connectivity index (χ0n) is 20.3. The van der Waals surface area contributed by atoms with Crippen LogP contribution in [0.15, 0.2) is 11.6 Å². The maximum atomic E-state index is 12.8. The molecule has 0 bridgehead atoms. The number of hydrogen-bond donors (Lipinski definition) is 0. The number of nitrogens with zero attached hydrogens (tertiary/aromatic N) is 1. The van der Waals surface area contributed by atoms with Crippen molar-refractivity contribution < 1.29 is 67.9 Å². The van der Waals surface area contributed by atoms with E-state index in [2.05, 4.69) is 26.8 Å². The molecule has 7 atom stereocenters. The second-order valence-electron chi connectivity index (χ2n) is 9.84. The molecule has 0 aromatic heterocycles. The predicted octanol–water partition coefficient (Wildman–Crippen LogP) is -1.96. The molecule has 0 N–H and O–H groups in total. The van der Waals surface area contributed by atoms with Gasteiger partial charge in [-0.25, -0.2) is 4.79 Å². The maximum absolute atomic E-state index is 12.8. The number of carboxylic acid groups (broad SMARTS) is 1. The molecule has 180 valence electrons. The van der Waals surface area contributed by atoms with Crippen molar-refractivity contribution >= 4 is 12.1 Å². The van der Waals surface area contributed by atoms with Crippen molar-refractivity contribution in [1.82, 2.24) is 4.90 Å². The number of carbonyl (C=O) groups excluding carboxylic acids is 2.